The van der Waals surface area contributed by atoms with Gasteiger partial charge < -0.3 is 10.2 Å². The fraction of sp³-hybridized carbons (Fsp3) is 0.182. The number of aliphatic hydroxyl groups is 1. The Morgan fingerprint density at radius 1 is 1.50 bits per heavy atom. The SMILES string of the molecule is CC(=O)C=Cc1ccc(O)c(CO)c1. The van der Waals surface area contributed by atoms with Crippen LogP contribution in [0.2, 0.25) is 0 Å². The van der Waals surface area contributed by atoms with Crippen LogP contribution in [0, 0.1) is 0 Å². The van der Waals surface area contributed by atoms with Crippen molar-refractivity contribution in [2.75, 3.05) is 0 Å². The lowest BCUT2D eigenvalue weighted by molar-refractivity contribution is -0.112. The van der Waals surface area contributed by atoms with E-state index in [-0.39, 0.29) is 18.1 Å². The van der Waals surface area contributed by atoms with Gasteiger partial charge in [-0.1, -0.05) is 12.1 Å². The lowest BCUT2D eigenvalue weighted by Crippen LogP contribution is -1.86. The molecule has 0 aliphatic rings. The second-order valence-electron chi connectivity index (χ2n) is 2.99. The molecule has 74 valence electrons. The number of hydrogen-bond acceptors (Lipinski definition) is 3. The Morgan fingerprint density at radius 2 is 2.21 bits per heavy atom. The van der Waals surface area contributed by atoms with Gasteiger partial charge in [0.2, 0.25) is 0 Å². The van der Waals surface area contributed by atoms with Crippen molar-refractivity contribution in [2.45, 2.75) is 13.5 Å². The molecule has 0 saturated heterocycles. The van der Waals surface area contributed by atoms with Crippen LogP contribution < -0.4 is 0 Å². The van der Waals surface area contributed by atoms with Gasteiger partial charge in [0.1, 0.15) is 5.75 Å². The van der Waals surface area contributed by atoms with Crippen LogP contribution in [0.15, 0.2) is 24.3 Å². The van der Waals surface area contributed by atoms with Crippen molar-refractivity contribution < 1.29 is 15.0 Å². The molecule has 0 aliphatic heterocycles. The number of phenols is 1. The van der Waals surface area contributed by atoms with Gasteiger partial charge in [-0.2, -0.15) is 0 Å². The number of carbonyl (C=O) groups is 1. The summed E-state index contributed by atoms with van der Waals surface area (Å²) in [5.74, 6) is 0.0242. The Hall–Kier alpha value is -1.61. The Morgan fingerprint density at radius 3 is 2.79 bits per heavy atom. The molecule has 1 rings (SSSR count). The molecule has 3 heteroatoms. The second kappa shape index (κ2) is 4.58. The number of aromatic hydroxyl groups is 1. The lowest BCUT2D eigenvalue weighted by Gasteiger charge is -2.01. The van der Waals surface area contributed by atoms with Crippen LogP contribution in [-0.4, -0.2) is 16.0 Å². The summed E-state index contributed by atoms with van der Waals surface area (Å²) in [5, 5.41) is 18.1. The third-order valence-electron chi connectivity index (χ3n) is 1.78. The highest BCUT2D eigenvalue weighted by Gasteiger charge is 1.99. The third-order valence-corrected chi connectivity index (χ3v) is 1.78. The van der Waals surface area contributed by atoms with E-state index in [9.17, 15) is 9.90 Å². The molecule has 0 spiro atoms. The Bertz CT molecular complexity index is 367. The molecule has 3 nitrogen and oxygen atoms in total. The van der Waals surface area contributed by atoms with E-state index in [4.69, 9.17) is 5.11 Å². The second-order valence-corrected chi connectivity index (χ2v) is 2.99. The first kappa shape index (κ1) is 10.5. The van der Waals surface area contributed by atoms with E-state index < -0.39 is 0 Å². The van der Waals surface area contributed by atoms with Gasteiger partial charge in [0.15, 0.2) is 5.78 Å². The van der Waals surface area contributed by atoms with Gasteiger partial charge in [-0.3, -0.25) is 4.79 Å². The highest BCUT2D eigenvalue weighted by molar-refractivity contribution is 5.91. The van der Waals surface area contributed by atoms with E-state index in [0.717, 1.165) is 5.56 Å². The van der Waals surface area contributed by atoms with Crippen molar-refractivity contribution >= 4 is 11.9 Å². The monoisotopic (exact) mass is 192 g/mol. The number of rotatable bonds is 3. The number of aliphatic hydroxyl groups excluding tert-OH is 1. The van der Waals surface area contributed by atoms with E-state index in [1.165, 1.54) is 19.1 Å². The first-order valence-corrected chi connectivity index (χ1v) is 4.25. The van der Waals surface area contributed by atoms with Crippen molar-refractivity contribution in [3.8, 4) is 5.75 Å². The van der Waals surface area contributed by atoms with Crippen molar-refractivity contribution in [3.63, 3.8) is 0 Å². The maximum atomic E-state index is 10.7. The van der Waals surface area contributed by atoms with Crippen molar-refractivity contribution in [1.29, 1.82) is 0 Å². The number of benzene rings is 1. The average Bonchev–Trinajstić information content (AvgIpc) is 2.16. The molecular formula is C11H12O3. The summed E-state index contributed by atoms with van der Waals surface area (Å²) in [6, 6.07) is 4.80. The summed E-state index contributed by atoms with van der Waals surface area (Å²) in [6.07, 6.45) is 3.08. The van der Waals surface area contributed by atoms with E-state index in [2.05, 4.69) is 0 Å². The summed E-state index contributed by atoms with van der Waals surface area (Å²) in [5.41, 5.74) is 1.23. The molecule has 0 heterocycles. The van der Waals surface area contributed by atoms with Crippen LogP contribution in [0.4, 0.5) is 0 Å². The van der Waals surface area contributed by atoms with E-state index in [0.29, 0.717) is 5.56 Å². The van der Waals surface area contributed by atoms with Crippen LogP contribution in [0.5, 0.6) is 5.75 Å². The molecule has 2 N–H and O–H groups in total. The fourth-order valence-corrected chi connectivity index (χ4v) is 1.05. The summed E-state index contributed by atoms with van der Waals surface area (Å²) < 4.78 is 0. The van der Waals surface area contributed by atoms with Gasteiger partial charge in [-0.15, -0.1) is 0 Å². The maximum Gasteiger partial charge on any atom is 0.152 e. The van der Waals surface area contributed by atoms with Gasteiger partial charge in [-0.05, 0) is 30.7 Å². The molecule has 0 saturated carbocycles. The zero-order chi connectivity index (χ0) is 10.6. The summed E-state index contributed by atoms with van der Waals surface area (Å²) in [7, 11) is 0. The highest BCUT2D eigenvalue weighted by Crippen LogP contribution is 2.18. The zero-order valence-electron chi connectivity index (χ0n) is 7.90. The molecule has 14 heavy (non-hydrogen) atoms. The Balaban J connectivity index is 2.95. The van der Waals surface area contributed by atoms with Gasteiger partial charge in [-0.25, -0.2) is 0 Å². The third kappa shape index (κ3) is 2.71. The normalized spacial score (nSPS) is 10.7. The molecule has 0 amide bonds. The van der Waals surface area contributed by atoms with Crippen LogP contribution in [-0.2, 0) is 11.4 Å². The zero-order valence-corrected chi connectivity index (χ0v) is 7.90. The molecule has 0 fully saturated rings. The topological polar surface area (TPSA) is 57.5 Å². The lowest BCUT2D eigenvalue weighted by atomic mass is 10.1. The van der Waals surface area contributed by atoms with E-state index in [1.807, 2.05) is 0 Å². The molecule has 0 radical (unpaired) electrons. The van der Waals surface area contributed by atoms with Gasteiger partial charge in [0.05, 0.1) is 6.61 Å². The fourth-order valence-electron chi connectivity index (χ4n) is 1.05. The molecular weight excluding hydrogens is 180 g/mol. The molecule has 0 aromatic heterocycles. The summed E-state index contributed by atoms with van der Waals surface area (Å²) in [4.78, 5) is 10.7. The molecule has 0 unspecified atom stereocenters. The van der Waals surface area contributed by atoms with E-state index in [1.54, 1.807) is 18.2 Å². The van der Waals surface area contributed by atoms with Crippen molar-refractivity contribution in [2.24, 2.45) is 0 Å². The minimum absolute atomic E-state index is 0.0383. The van der Waals surface area contributed by atoms with Crippen molar-refractivity contribution in [1.82, 2.24) is 0 Å². The van der Waals surface area contributed by atoms with Gasteiger partial charge in [0.25, 0.3) is 0 Å². The standard InChI is InChI=1S/C11H12O3/c1-8(13)2-3-9-4-5-11(14)10(6-9)7-12/h2-6,12,14H,7H2,1H3. The quantitative estimate of drug-likeness (QED) is 0.713. The molecule has 0 atom stereocenters. The minimum atomic E-state index is -0.215. The van der Waals surface area contributed by atoms with Crippen molar-refractivity contribution in [3.05, 3.63) is 35.4 Å². The van der Waals surface area contributed by atoms with E-state index >= 15 is 0 Å². The molecule has 0 bridgehead atoms. The summed E-state index contributed by atoms with van der Waals surface area (Å²) >= 11 is 0. The predicted octanol–water partition coefficient (Wildman–Crippen LogP) is 1.49. The molecule has 1 aromatic carbocycles. The number of allylic oxidation sites excluding steroid dienone is 1. The Labute approximate surface area is 82.3 Å². The number of ketones is 1. The maximum absolute atomic E-state index is 10.7. The number of carbonyl (C=O) groups excluding carboxylic acids is 1. The van der Waals surface area contributed by atoms with Crippen LogP contribution in [0.1, 0.15) is 18.1 Å². The van der Waals surface area contributed by atoms with Crippen LogP contribution in [0.25, 0.3) is 6.08 Å². The van der Waals surface area contributed by atoms with Gasteiger partial charge in [0, 0.05) is 5.56 Å². The van der Waals surface area contributed by atoms with Crippen LogP contribution >= 0.6 is 0 Å². The average molecular weight is 192 g/mol. The molecule has 1 aromatic rings. The molecule has 0 aliphatic carbocycles. The first-order chi connectivity index (χ1) is 6.63. The van der Waals surface area contributed by atoms with Crippen LogP contribution in [0.3, 0.4) is 0 Å². The number of hydrogen-bond donors (Lipinski definition) is 2. The van der Waals surface area contributed by atoms with Gasteiger partial charge >= 0.3 is 0 Å². The smallest absolute Gasteiger partial charge is 0.152 e. The summed E-state index contributed by atoms with van der Waals surface area (Å²) in [6.45, 7) is 1.25. The predicted molar refractivity (Wildman–Crippen MR) is 53.7 cm³/mol. The highest BCUT2D eigenvalue weighted by atomic mass is 16.3. The first-order valence-electron chi connectivity index (χ1n) is 4.25. The largest absolute Gasteiger partial charge is 0.508 e. The minimum Gasteiger partial charge on any atom is -0.508 e. The Kier molecular flexibility index (Phi) is 3.42.